The molecule has 0 unspecified atom stereocenters. The number of nitrogens with zero attached hydrogens (tertiary/aromatic N) is 5. The third kappa shape index (κ3) is 7.38. The van der Waals surface area contributed by atoms with Crippen LogP contribution in [0.15, 0.2) is 24.3 Å². The zero-order valence-corrected chi connectivity index (χ0v) is 22.1. The van der Waals surface area contributed by atoms with Crippen LogP contribution in [0.3, 0.4) is 0 Å². The first-order valence-electron chi connectivity index (χ1n) is 13.2. The fraction of sp³-hybridized carbons (Fsp3) is 0.593. The lowest BCUT2D eigenvalue weighted by Gasteiger charge is -2.33. The summed E-state index contributed by atoms with van der Waals surface area (Å²) < 4.78 is 0. The molecule has 2 amide bonds. The molecular weight excluding hydrogens is 454 g/mol. The van der Waals surface area contributed by atoms with Gasteiger partial charge in [0.05, 0.1) is 5.52 Å². The number of hydrogen-bond acceptors (Lipinski definition) is 7. The number of benzene rings is 1. The molecule has 0 spiro atoms. The average Bonchev–Trinajstić information content (AvgIpc) is 2.87. The largest absolute Gasteiger partial charge is 0.356 e. The van der Waals surface area contributed by atoms with E-state index >= 15 is 0 Å². The predicted molar refractivity (Wildman–Crippen MR) is 146 cm³/mol. The first-order chi connectivity index (χ1) is 17.4. The molecule has 2 fully saturated rings. The second-order valence-corrected chi connectivity index (χ2v) is 10.2. The Labute approximate surface area is 214 Å². The van der Waals surface area contributed by atoms with Gasteiger partial charge in [-0.15, -0.1) is 0 Å². The fourth-order valence-corrected chi connectivity index (χ4v) is 4.79. The van der Waals surface area contributed by atoms with Gasteiger partial charge in [0, 0.05) is 82.8 Å². The zero-order chi connectivity index (χ0) is 25.5. The monoisotopic (exact) mass is 495 g/mol. The van der Waals surface area contributed by atoms with Gasteiger partial charge in [0.15, 0.2) is 0 Å². The first kappa shape index (κ1) is 26.3. The van der Waals surface area contributed by atoms with Gasteiger partial charge in [0.25, 0.3) is 0 Å². The number of amides is 2. The Morgan fingerprint density at radius 3 is 2.28 bits per heavy atom. The van der Waals surface area contributed by atoms with E-state index in [2.05, 4.69) is 57.3 Å². The van der Waals surface area contributed by atoms with Crippen molar-refractivity contribution in [3.63, 3.8) is 0 Å². The van der Waals surface area contributed by atoms with Gasteiger partial charge in [-0.05, 0) is 63.8 Å². The van der Waals surface area contributed by atoms with Crippen LogP contribution in [0.4, 0.5) is 11.5 Å². The van der Waals surface area contributed by atoms with Crippen LogP contribution in [-0.2, 0) is 9.59 Å². The summed E-state index contributed by atoms with van der Waals surface area (Å²) in [5, 5.41) is 6.92. The van der Waals surface area contributed by atoms with Gasteiger partial charge in [-0.25, -0.2) is 4.98 Å². The van der Waals surface area contributed by atoms with E-state index in [0.29, 0.717) is 6.54 Å². The van der Waals surface area contributed by atoms with E-state index in [9.17, 15) is 9.59 Å². The van der Waals surface area contributed by atoms with Gasteiger partial charge in [-0.1, -0.05) is 0 Å². The summed E-state index contributed by atoms with van der Waals surface area (Å²) in [4.78, 5) is 38.9. The topological polar surface area (TPSA) is 84.0 Å². The van der Waals surface area contributed by atoms with E-state index in [4.69, 9.17) is 4.98 Å². The third-order valence-corrected chi connectivity index (χ3v) is 7.26. The SMILES string of the molecule is Cc1cc(N2CCN(C)CC2)nc2ccc(NC(=O)CCC(=O)NCCCN3CCN(C)CC3)cc12. The summed E-state index contributed by atoms with van der Waals surface area (Å²) in [5.41, 5.74) is 2.80. The maximum Gasteiger partial charge on any atom is 0.224 e. The number of nitrogens with one attached hydrogen (secondary N) is 2. The number of likely N-dealkylation sites (N-methyl/N-ethyl adjacent to an activating group) is 2. The number of carbonyl (C=O) groups excluding carboxylic acids is 2. The molecular formula is C27H41N7O2. The van der Waals surface area contributed by atoms with Crippen molar-refractivity contribution in [3.8, 4) is 0 Å². The van der Waals surface area contributed by atoms with Crippen molar-refractivity contribution in [3.05, 3.63) is 29.8 Å². The smallest absolute Gasteiger partial charge is 0.224 e. The molecule has 36 heavy (non-hydrogen) atoms. The third-order valence-electron chi connectivity index (χ3n) is 7.26. The van der Waals surface area contributed by atoms with Gasteiger partial charge < -0.3 is 30.2 Å². The molecule has 2 aliphatic heterocycles. The number of rotatable bonds is 9. The number of pyridine rings is 1. The van der Waals surface area contributed by atoms with Crippen LogP contribution in [0.2, 0.25) is 0 Å². The van der Waals surface area contributed by atoms with Crippen molar-refractivity contribution in [2.75, 3.05) is 89.8 Å². The highest BCUT2D eigenvalue weighted by atomic mass is 16.2. The number of hydrogen-bond donors (Lipinski definition) is 2. The Hall–Kier alpha value is -2.75. The highest BCUT2D eigenvalue weighted by Crippen LogP contribution is 2.26. The molecule has 3 heterocycles. The van der Waals surface area contributed by atoms with Crippen LogP contribution in [0.5, 0.6) is 0 Å². The van der Waals surface area contributed by atoms with Crippen LogP contribution in [-0.4, -0.2) is 111 Å². The molecule has 2 N–H and O–H groups in total. The molecule has 0 aliphatic carbocycles. The van der Waals surface area contributed by atoms with Gasteiger partial charge in [-0.2, -0.15) is 0 Å². The molecule has 0 radical (unpaired) electrons. The molecule has 196 valence electrons. The van der Waals surface area contributed by atoms with Crippen molar-refractivity contribution in [2.24, 2.45) is 0 Å². The Balaban J connectivity index is 1.20. The zero-order valence-electron chi connectivity index (χ0n) is 22.1. The van der Waals surface area contributed by atoms with Crippen molar-refractivity contribution >= 4 is 34.2 Å². The number of aryl methyl sites for hydroxylation is 1. The van der Waals surface area contributed by atoms with E-state index in [1.54, 1.807) is 0 Å². The molecule has 9 nitrogen and oxygen atoms in total. The fourth-order valence-electron chi connectivity index (χ4n) is 4.79. The summed E-state index contributed by atoms with van der Waals surface area (Å²) in [6.45, 7) is 12.2. The van der Waals surface area contributed by atoms with Crippen molar-refractivity contribution in [2.45, 2.75) is 26.2 Å². The molecule has 1 aromatic heterocycles. The van der Waals surface area contributed by atoms with E-state index in [-0.39, 0.29) is 24.7 Å². The molecule has 1 aromatic carbocycles. The van der Waals surface area contributed by atoms with Crippen LogP contribution < -0.4 is 15.5 Å². The van der Waals surface area contributed by atoms with E-state index in [0.717, 1.165) is 93.3 Å². The molecule has 2 aromatic rings. The average molecular weight is 496 g/mol. The number of piperazine rings is 2. The van der Waals surface area contributed by atoms with Gasteiger partial charge in [0.2, 0.25) is 11.8 Å². The minimum atomic E-state index is -0.151. The quantitative estimate of drug-likeness (QED) is 0.513. The highest BCUT2D eigenvalue weighted by molar-refractivity contribution is 5.96. The van der Waals surface area contributed by atoms with Gasteiger partial charge >= 0.3 is 0 Å². The second kappa shape index (κ2) is 12.5. The van der Waals surface area contributed by atoms with Crippen LogP contribution in [0.1, 0.15) is 24.8 Å². The standard InChI is InChI=1S/C27H41N7O2/c1-21-19-25(34-17-13-32(3)14-18-34)30-24-6-5-22(20-23(21)24)29-27(36)8-7-26(35)28-9-4-10-33-15-11-31(2)12-16-33/h5-6,19-20H,4,7-18H2,1-3H3,(H,28,35)(H,29,36). The second-order valence-electron chi connectivity index (χ2n) is 10.2. The molecule has 4 rings (SSSR count). The Morgan fingerprint density at radius 2 is 1.56 bits per heavy atom. The molecule has 0 saturated carbocycles. The summed E-state index contributed by atoms with van der Waals surface area (Å²) in [5.74, 6) is 0.791. The predicted octanol–water partition coefficient (Wildman–Crippen LogP) is 1.77. The minimum absolute atomic E-state index is 0.0708. The van der Waals surface area contributed by atoms with Crippen LogP contribution >= 0.6 is 0 Å². The lowest BCUT2D eigenvalue weighted by Crippen LogP contribution is -2.45. The lowest BCUT2D eigenvalue weighted by atomic mass is 10.1. The van der Waals surface area contributed by atoms with Crippen molar-refractivity contribution in [1.82, 2.24) is 25.0 Å². The summed E-state index contributed by atoms with van der Waals surface area (Å²) in [6.07, 6.45) is 1.30. The number of fused-ring (bicyclic) bond motifs is 1. The molecule has 9 heteroatoms. The minimum Gasteiger partial charge on any atom is -0.356 e. The van der Waals surface area contributed by atoms with Crippen LogP contribution in [0.25, 0.3) is 10.9 Å². The van der Waals surface area contributed by atoms with Crippen molar-refractivity contribution in [1.29, 1.82) is 0 Å². The van der Waals surface area contributed by atoms with E-state index < -0.39 is 0 Å². The summed E-state index contributed by atoms with van der Waals surface area (Å²) in [6, 6.07) is 7.96. The summed E-state index contributed by atoms with van der Waals surface area (Å²) >= 11 is 0. The Morgan fingerprint density at radius 1 is 0.889 bits per heavy atom. The first-order valence-corrected chi connectivity index (χ1v) is 13.2. The Bertz CT molecular complexity index is 1040. The highest BCUT2D eigenvalue weighted by Gasteiger charge is 2.17. The van der Waals surface area contributed by atoms with Gasteiger partial charge in [0.1, 0.15) is 5.82 Å². The maximum atomic E-state index is 12.5. The van der Waals surface area contributed by atoms with Gasteiger partial charge in [-0.3, -0.25) is 9.59 Å². The van der Waals surface area contributed by atoms with Crippen LogP contribution in [0, 0.1) is 6.92 Å². The van der Waals surface area contributed by atoms with E-state index in [1.165, 1.54) is 0 Å². The number of anilines is 2. The molecule has 0 bridgehead atoms. The Kier molecular flexibility index (Phi) is 9.12. The lowest BCUT2D eigenvalue weighted by molar-refractivity contribution is -0.124. The van der Waals surface area contributed by atoms with Crippen molar-refractivity contribution < 1.29 is 9.59 Å². The molecule has 2 saturated heterocycles. The number of carbonyl (C=O) groups is 2. The molecule has 0 atom stereocenters. The number of aromatic nitrogens is 1. The summed E-state index contributed by atoms with van der Waals surface area (Å²) in [7, 11) is 4.30. The maximum absolute atomic E-state index is 12.5. The van der Waals surface area contributed by atoms with E-state index in [1.807, 2.05) is 18.2 Å². The normalized spacial score (nSPS) is 17.9. The molecule has 2 aliphatic rings.